The number of rotatable bonds is 5. The molecule has 142 valence electrons. The molecule has 0 N–H and O–H groups in total. The normalized spacial score (nSPS) is 25.5. The minimum absolute atomic E-state index is 0.0835. The summed E-state index contributed by atoms with van der Waals surface area (Å²) in [6.45, 7) is 6.03. The topological polar surface area (TPSA) is 61.8 Å². The fraction of sp³-hybridized carbons (Fsp3) is 0.737. The monoisotopic (exact) mass is 359 g/mol. The summed E-state index contributed by atoms with van der Waals surface area (Å²) in [5.74, 6) is 1.18. The Hall–Kier alpha value is -1.73. The molecule has 1 aromatic rings. The Morgan fingerprint density at radius 2 is 1.92 bits per heavy atom. The maximum atomic E-state index is 11.5. The van der Waals surface area contributed by atoms with Gasteiger partial charge in [-0.1, -0.05) is 0 Å². The summed E-state index contributed by atoms with van der Waals surface area (Å²) in [4.78, 5) is 27.2. The standard InChI is InChI=1S/C19H29N5O2/c1-14-9-18(21-13-20-14)24(15-3-4-15)16-5-7-23(8-6-16)11-17-10-22(2)19(25)12-26-17/h9,13,15-17H,3-8,10-12H2,1-2H3. The van der Waals surface area contributed by atoms with E-state index in [4.69, 9.17) is 4.74 Å². The second kappa shape index (κ2) is 7.48. The van der Waals surface area contributed by atoms with E-state index in [1.807, 2.05) is 14.0 Å². The zero-order valence-corrected chi connectivity index (χ0v) is 15.8. The van der Waals surface area contributed by atoms with E-state index < -0.39 is 0 Å². The zero-order chi connectivity index (χ0) is 18.1. The van der Waals surface area contributed by atoms with Crippen molar-refractivity contribution in [2.24, 2.45) is 0 Å². The third kappa shape index (κ3) is 3.99. The van der Waals surface area contributed by atoms with E-state index in [1.54, 1.807) is 11.2 Å². The molecule has 4 rings (SSSR count). The van der Waals surface area contributed by atoms with E-state index in [1.165, 1.54) is 12.8 Å². The van der Waals surface area contributed by atoms with Crippen LogP contribution in [0.4, 0.5) is 5.82 Å². The fourth-order valence-electron chi connectivity index (χ4n) is 4.14. The molecule has 2 aliphatic heterocycles. The number of hydrogen-bond acceptors (Lipinski definition) is 6. The van der Waals surface area contributed by atoms with E-state index in [0.29, 0.717) is 18.6 Å². The molecule has 1 aliphatic carbocycles. The molecule has 7 heteroatoms. The van der Waals surface area contributed by atoms with Crippen LogP contribution in [0.5, 0.6) is 0 Å². The summed E-state index contributed by atoms with van der Waals surface area (Å²) >= 11 is 0. The molecule has 0 bridgehead atoms. The summed E-state index contributed by atoms with van der Waals surface area (Å²) in [6, 6.07) is 3.33. The van der Waals surface area contributed by atoms with Gasteiger partial charge in [0.2, 0.25) is 5.91 Å². The number of likely N-dealkylation sites (N-methyl/N-ethyl adjacent to an activating group) is 1. The number of likely N-dealkylation sites (tertiary alicyclic amines) is 1. The van der Waals surface area contributed by atoms with Gasteiger partial charge in [-0.05, 0) is 32.6 Å². The van der Waals surface area contributed by atoms with Crippen LogP contribution < -0.4 is 4.90 Å². The van der Waals surface area contributed by atoms with Gasteiger partial charge >= 0.3 is 0 Å². The number of ether oxygens (including phenoxy) is 1. The predicted molar refractivity (Wildman–Crippen MR) is 99.1 cm³/mol. The maximum Gasteiger partial charge on any atom is 0.248 e. The smallest absolute Gasteiger partial charge is 0.248 e. The molecule has 1 saturated carbocycles. The van der Waals surface area contributed by atoms with Crippen molar-refractivity contribution in [2.75, 3.05) is 44.7 Å². The van der Waals surface area contributed by atoms with Gasteiger partial charge in [0.05, 0.1) is 6.10 Å². The number of piperidine rings is 1. The molecule has 0 spiro atoms. The largest absolute Gasteiger partial charge is 0.365 e. The van der Waals surface area contributed by atoms with Crippen LogP contribution in [0.1, 0.15) is 31.4 Å². The average molecular weight is 359 g/mol. The molecule has 2 saturated heterocycles. The molecule has 3 fully saturated rings. The molecule has 1 atom stereocenters. The first kappa shape index (κ1) is 17.7. The minimum Gasteiger partial charge on any atom is -0.365 e. The zero-order valence-electron chi connectivity index (χ0n) is 15.8. The van der Waals surface area contributed by atoms with Crippen LogP contribution >= 0.6 is 0 Å². The highest BCUT2D eigenvalue weighted by atomic mass is 16.5. The number of nitrogens with zero attached hydrogens (tertiary/aromatic N) is 5. The number of carbonyl (C=O) groups excluding carboxylic acids is 1. The summed E-state index contributed by atoms with van der Waals surface area (Å²) in [5, 5.41) is 0. The SMILES string of the molecule is Cc1cc(N(C2CC2)C2CCN(CC3CN(C)C(=O)CO3)CC2)ncn1. The number of amides is 1. The Bertz CT molecular complexity index is 643. The maximum absolute atomic E-state index is 11.5. The molecule has 26 heavy (non-hydrogen) atoms. The molecule has 7 nitrogen and oxygen atoms in total. The molecule has 1 unspecified atom stereocenters. The van der Waals surface area contributed by atoms with Gasteiger partial charge in [0.15, 0.2) is 0 Å². The van der Waals surface area contributed by atoms with Crippen LogP contribution in [0.15, 0.2) is 12.4 Å². The average Bonchev–Trinajstić information content (AvgIpc) is 3.45. The lowest BCUT2D eigenvalue weighted by atomic mass is 10.0. The lowest BCUT2D eigenvalue weighted by Gasteiger charge is -2.41. The van der Waals surface area contributed by atoms with Crippen LogP contribution in [0.2, 0.25) is 0 Å². The molecule has 3 heterocycles. The predicted octanol–water partition coefficient (Wildman–Crippen LogP) is 1.08. The Balaban J connectivity index is 1.33. The number of aromatic nitrogens is 2. The van der Waals surface area contributed by atoms with Crippen LogP contribution in [0, 0.1) is 6.92 Å². The Morgan fingerprint density at radius 1 is 1.19 bits per heavy atom. The van der Waals surface area contributed by atoms with E-state index >= 15 is 0 Å². The van der Waals surface area contributed by atoms with E-state index in [-0.39, 0.29) is 18.6 Å². The summed E-state index contributed by atoms with van der Waals surface area (Å²) in [7, 11) is 1.86. The molecular weight excluding hydrogens is 330 g/mol. The van der Waals surface area contributed by atoms with Crippen molar-refractivity contribution >= 4 is 11.7 Å². The molecule has 1 aromatic heterocycles. The lowest BCUT2D eigenvalue weighted by Crippen LogP contribution is -2.52. The lowest BCUT2D eigenvalue weighted by molar-refractivity contribution is -0.147. The molecule has 0 radical (unpaired) electrons. The van der Waals surface area contributed by atoms with Crippen molar-refractivity contribution < 1.29 is 9.53 Å². The van der Waals surface area contributed by atoms with Crippen molar-refractivity contribution in [1.29, 1.82) is 0 Å². The third-order valence-electron chi connectivity index (χ3n) is 5.75. The highest BCUT2D eigenvalue weighted by Crippen LogP contribution is 2.35. The number of anilines is 1. The summed E-state index contributed by atoms with van der Waals surface area (Å²) in [6.07, 6.45) is 6.69. The molecule has 0 aromatic carbocycles. The van der Waals surface area contributed by atoms with Crippen LogP contribution in [0.25, 0.3) is 0 Å². The number of morpholine rings is 1. The van der Waals surface area contributed by atoms with Crippen molar-refractivity contribution in [2.45, 2.75) is 50.8 Å². The Kier molecular flexibility index (Phi) is 5.09. The minimum atomic E-state index is 0.0835. The Labute approximate surface area is 155 Å². The number of aryl methyl sites for hydroxylation is 1. The van der Waals surface area contributed by atoms with Gasteiger partial charge in [0.25, 0.3) is 0 Å². The van der Waals surface area contributed by atoms with Gasteiger partial charge in [0.1, 0.15) is 18.8 Å². The van der Waals surface area contributed by atoms with Crippen molar-refractivity contribution in [1.82, 2.24) is 19.8 Å². The second-order valence-electron chi connectivity index (χ2n) is 7.90. The van der Waals surface area contributed by atoms with Crippen LogP contribution in [-0.4, -0.2) is 83.7 Å². The second-order valence-corrected chi connectivity index (χ2v) is 7.90. The van der Waals surface area contributed by atoms with Gasteiger partial charge in [-0.2, -0.15) is 0 Å². The summed E-state index contributed by atoms with van der Waals surface area (Å²) in [5.41, 5.74) is 1.03. The number of hydrogen-bond donors (Lipinski definition) is 0. The van der Waals surface area contributed by atoms with Gasteiger partial charge in [0, 0.05) is 57.1 Å². The molecule has 3 aliphatic rings. The van der Waals surface area contributed by atoms with Crippen molar-refractivity contribution in [3.05, 3.63) is 18.1 Å². The quantitative estimate of drug-likeness (QED) is 0.784. The first-order valence-corrected chi connectivity index (χ1v) is 9.75. The fourth-order valence-corrected chi connectivity index (χ4v) is 4.14. The highest BCUT2D eigenvalue weighted by molar-refractivity contribution is 5.77. The van der Waals surface area contributed by atoms with Crippen molar-refractivity contribution in [3.8, 4) is 0 Å². The van der Waals surface area contributed by atoms with E-state index in [2.05, 4.69) is 25.8 Å². The Morgan fingerprint density at radius 3 is 2.58 bits per heavy atom. The molecule has 1 amide bonds. The van der Waals surface area contributed by atoms with Crippen molar-refractivity contribution in [3.63, 3.8) is 0 Å². The first-order valence-electron chi connectivity index (χ1n) is 9.75. The molecular formula is C19H29N5O2. The third-order valence-corrected chi connectivity index (χ3v) is 5.75. The van der Waals surface area contributed by atoms with Gasteiger partial charge < -0.3 is 19.4 Å². The number of carbonyl (C=O) groups is 1. The van der Waals surface area contributed by atoms with Gasteiger partial charge in [-0.3, -0.25) is 4.79 Å². The van der Waals surface area contributed by atoms with Gasteiger partial charge in [-0.15, -0.1) is 0 Å². The van der Waals surface area contributed by atoms with E-state index in [0.717, 1.165) is 44.0 Å². The van der Waals surface area contributed by atoms with Crippen LogP contribution in [-0.2, 0) is 9.53 Å². The van der Waals surface area contributed by atoms with Crippen LogP contribution in [0.3, 0.4) is 0 Å². The van der Waals surface area contributed by atoms with Gasteiger partial charge in [-0.25, -0.2) is 9.97 Å². The highest BCUT2D eigenvalue weighted by Gasteiger charge is 2.37. The first-order chi connectivity index (χ1) is 12.6. The van der Waals surface area contributed by atoms with E-state index in [9.17, 15) is 4.79 Å². The summed E-state index contributed by atoms with van der Waals surface area (Å²) < 4.78 is 5.71.